The zero-order valence-electron chi connectivity index (χ0n) is 18.7. The molecule has 4 aromatic rings. The molecule has 0 saturated heterocycles. The number of nitrogens with one attached hydrogen (secondary N) is 2. The van der Waals surface area contributed by atoms with Crippen molar-refractivity contribution in [3.05, 3.63) is 76.8 Å². The number of benzene rings is 2. The minimum atomic E-state index is -0.148. The molecule has 1 atom stereocenters. The van der Waals surface area contributed by atoms with Crippen molar-refractivity contribution in [1.82, 2.24) is 15.5 Å². The third-order valence-electron chi connectivity index (χ3n) is 5.83. The second kappa shape index (κ2) is 9.18. The second-order valence-electron chi connectivity index (χ2n) is 7.71. The number of fused-ring (bicyclic) bond motifs is 1. The number of para-hydroxylation sites is 2. The molecule has 2 heterocycles. The van der Waals surface area contributed by atoms with E-state index in [2.05, 4.69) is 21.5 Å². The molecule has 2 N–H and O–H groups in total. The van der Waals surface area contributed by atoms with Crippen LogP contribution in [0.4, 0.5) is 0 Å². The molecule has 7 nitrogen and oxygen atoms in total. The maximum atomic E-state index is 12.8. The Morgan fingerprint density at radius 1 is 1.09 bits per heavy atom. The number of aryl methyl sites for hydroxylation is 2. The molecule has 0 aliphatic rings. The van der Waals surface area contributed by atoms with Crippen LogP contribution >= 0.6 is 0 Å². The Kier molecular flexibility index (Phi) is 6.16. The molecule has 0 bridgehead atoms. The van der Waals surface area contributed by atoms with Crippen molar-refractivity contribution >= 4 is 16.8 Å². The lowest BCUT2D eigenvalue weighted by Gasteiger charge is -2.22. The number of H-pyrrole nitrogens is 1. The Balaban J connectivity index is 1.68. The van der Waals surface area contributed by atoms with Crippen molar-refractivity contribution in [2.45, 2.75) is 26.2 Å². The summed E-state index contributed by atoms with van der Waals surface area (Å²) in [4.78, 5) is 16.2. The number of hydrogen-bond donors (Lipinski definition) is 2. The Morgan fingerprint density at radius 3 is 2.62 bits per heavy atom. The van der Waals surface area contributed by atoms with Gasteiger partial charge in [0.25, 0.3) is 0 Å². The van der Waals surface area contributed by atoms with E-state index in [4.69, 9.17) is 14.0 Å². The average Bonchev–Trinajstić information content (AvgIpc) is 3.37. The van der Waals surface area contributed by atoms with Crippen LogP contribution in [-0.4, -0.2) is 36.8 Å². The monoisotopic (exact) mass is 433 g/mol. The standard InChI is InChI=1S/C25H27N3O4/c1-15-19(16(2)32-28-15)12-24(29)27-14-21(18-9-7-11-23(30-3)25(18)31-4)20-13-26-22-10-6-5-8-17(20)22/h5-11,13,21,26H,12,14H2,1-4H3,(H,27,29)/t21-/m0/s1. The molecule has 0 aliphatic carbocycles. The van der Waals surface area contributed by atoms with Gasteiger partial charge < -0.3 is 24.3 Å². The SMILES string of the molecule is COc1cccc([C@H](CNC(=O)Cc2c(C)noc2C)c2c[nH]c3ccccc23)c1OC. The minimum absolute atomic E-state index is 0.0916. The highest BCUT2D eigenvalue weighted by molar-refractivity contribution is 5.85. The molecule has 0 unspecified atom stereocenters. The number of amides is 1. The Hall–Kier alpha value is -3.74. The van der Waals surface area contributed by atoms with Crippen LogP contribution in [0.5, 0.6) is 11.5 Å². The summed E-state index contributed by atoms with van der Waals surface area (Å²) in [5.41, 5.74) is 4.61. The second-order valence-corrected chi connectivity index (χ2v) is 7.71. The van der Waals surface area contributed by atoms with Crippen molar-refractivity contribution in [2.24, 2.45) is 0 Å². The Labute approximate surface area is 186 Å². The predicted octanol–water partition coefficient (Wildman–Crippen LogP) is 4.28. The summed E-state index contributed by atoms with van der Waals surface area (Å²) < 4.78 is 16.4. The molecular formula is C25H27N3O4. The van der Waals surface area contributed by atoms with Gasteiger partial charge in [0, 0.05) is 40.7 Å². The molecule has 0 aliphatic heterocycles. The number of nitrogens with zero attached hydrogens (tertiary/aromatic N) is 1. The number of carbonyl (C=O) groups excluding carboxylic acids is 1. The highest BCUT2D eigenvalue weighted by Gasteiger charge is 2.24. The fraction of sp³-hybridized carbons (Fsp3) is 0.280. The zero-order valence-corrected chi connectivity index (χ0v) is 18.7. The van der Waals surface area contributed by atoms with E-state index in [1.807, 2.05) is 56.4 Å². The van der Waals surface area contributed by atoms with Crippen LogP contribution in [0.1, 0.15) is 34.1 Å². The number of hydrogen-bond acceptors (Lipinski definition) is 5. The maximum Gasteiger partial charge on any atom is 0.224 e. The fourth-order valence-electron chi connectivity index (χ4n) is 4.15. The van der Waals surface area contributed by atoms with Gasteiger partial charge in [-0.15, -0.1) is 0 Å². The van der Waals surface area contributed by atoms with Crippen LogP contribution < -0.4 is 14.8 Å². The van der Waals surface area contributed by atoms with Gasteiger partial charge in [0.2, 0.25) is 5.91 Å². The number of methoxy groups -OCH3 is 2. The highest BCUT2D eigenvalue weighted by Crippen LogP contribution is 2.40. The van der Waals surface area contributed by atoms with Gasteiger partial charge in [0.05, 0.1) is 26.3 Å². The summed E-state index contributed by atoms with van der Waals surface area (Å²) in [6, 6.07) is 13.9. The van der Waals surface area contributed by atoms with E-state index >= 15 is 0 Å². The molecule has 1 amide bonds. The first-order valence-corrected chi connectivity index (χ1v) is 10.5. The molecular weight excluding hydrogens is 406 g/mol. The van der Waals surface area contributed by atoms with Gasteiger partial charge in [-0.2, -0.15) is 0 Å². The van der Waals surface area contributed by atoms with Gasteiger partial charge >= 0.3 is 0 Å². The third-order valence-corrected chi connectivity index (χ3v) is 5.83. The van der Waals surface area contributed by atoms with Crippen molar-refractivity contribution < 1.29 is 18.8 Å². The molecule has 2 aromatic heterocycles. The summed E-state index contributed by atoms with van der Waals surface area (Å²) >= 11 is 0. The zero-order chi connectivity index (χ0) is 22.7. The quantitative estimate of drug-likeness (QED) is 0.433. The minimum Gasteiger partial charge on any atom is -0.493 e. The van der Waals surface area contributed by atoms with Crippen molar-refractivity contribution in [2.75, 3.05) is 20.8 Å². The highest BCUT2D eigenvalue weighted by atomic mass is 16.5. The fourth-order valence-corrected chi connectivity index (χ4v) is 4.15. The van der Waals surface area contributed by atoms with E-state index in [0.29, 0.717) is 23.8 Å². The lowest BCUT2D eigenvalue weighted by atomic mass is 9.89. The summed E-state index contributed by atoms with van der Waals surface area (Å²) in [5.74, 6) is 1.73. The molecule has 0 radical (unpaired) electrons. The van der Waals surface area contributed by atoms with Gasteiger partial charge in [-0.25, -0.2) is 0 Å². The van der Waals surface area contributed by atoms with Gasteiger partial charge in [0.15, 0.2) is 11.5 Å². The lowest BCUT2D eigenvalue weighted by Crippen LogP contribution is -2.30. The van der Waals surface area contributed by atoms with Crippen LogP contribution in [0.25, 0.3) is 10.9 Å². The lowest BCUT2D eigenvalue weighted by molar-refractivity contribution is -0.120. The average molecular weight is 434 g/mol. The number of rotatable bonds is 8. The van der Waals surface area contributed by atoms with E-state index in [-0.39, 0.29) is 18.2 Å². The predicted molar refractivity (Wildman–Crippen MR) is 122 cm³/mol. The van der Waals surface area contributed by atoms with Gasteiger partial charge in [0.1, 0.15) is 5.76 Å². The first kappa shape index (κ1) is 21.5. The topological polar surface area (TPSA) is 89.4 Å². The summed E-state index contributed by atoms with van der Waals surface area (Å²) in [6.45, 7) is 4.06. The Bertz CT molecular complexity index is 1220. The molecule has 2 aromatic carbocycles. The maximum absolute atomic E-state index is 12.8. The number of carbonyl (C=O) groups is 1. The van der Waals surface area contributed by atoms with Gasteiger partial charge in [-0.3, -0.25) is 4.79 Å². The number of aromatic amines is 1. The normalized spacial score (nSPS) is 12.0. The largest absolute Gasteiger partial charge is 0.493 e. The molecule has 4 rings (SSSR count). The van der Waals surface area contributed by atoms with Crippen molar-refractivity contribution in [1.29, 1.82) is 0 Å². The summed E-state index contributed by atoms with van der Waals surface area (Å²) in [5, 5.41) is 8.14. The molecule has 0 spiro atoms. The van der Waals surface area contributed by atoms with Crippen molar-refractivity contribution in [3.63, 3.8) is 0 Å². The van der Waals surface area contributed by atoms with E-state index in [0.717, 1.165) is 33.3 Å². The molecule has 32 heavy (non-hydrogen) atoms. The van der Waals surface area contributed by atoms with Gasteiger partial charge in [-0.05, 0) is 31.5 Å². The van der Waals surface area contributed by atoms with Crippen LogP contribution in [-0.2, 0) is 11.2 Å². The third kappa shape index (κ3) is 4.06. The number of ether oxygens (including phenoxy) is 2. The summed E-state index contributed by atoms with van der Waals surface area (Å²) in [7, 11) is 3.25. The molecule has 166 valence electrons. The van der Waals surface area contributed by atoms with Crippen LogP contribution in [0.15, 0.2) is 53.2 Å². The van der Waals surface area contributed by atoms with E-state index in [9.17, 15) is 4.79 Å². The molecule has 0 fully saturated rings. The smallest absolute Gasteiger partial charge is 0.224 e. The molecule has 7 heteroatoms. The van der Waals surface area contributed by atoms with E-state index in [1.54, 1.807) is 14.2 Å². The van der Waals surface area contributed by atoms with Gasteiger partial charge in [-0.1, -0.05) is 35.5 Å². The van der Waals surface area contributed by atoms with Crippen molar-refractivity contribution in [3.8, 4) is 11.5 Å². The van der Waals surface area contributed by atoms with E-state index in [1.165, 1.54) is 0 Å². The van der Waals surface area contributed by atoms with Crippen LogP contribution in [0, 0.1) is 13.8 Å². The number of aromatic nitrogens is 2. The van der Waals surface area contributed by atoms with Crippen LogP contribution in [0.2, 0.25) is 0 Å². The first-order chi connectivity index (χ1) is 15.5. The Morgan fingerprint density at radius 2 is 1.91 bits per heavy atom. The van der Waals surface area contributed by atoms with Crippen LogP contribution in [0.3, 0.4) is 0 Å². The molecule has 0 saturated carbocycles. The first-order valence-electron chi connectivity index (χ1n) is 10.5. The summed E-state index contributed by atoms with van der Waals surface area (Å²) in [6.07, 6.45) is 2.21. The van der Waals surface area contributed by atoms with E-state index < -0.39 is 0 Å².